The highest BCUT2D eigenvalue weighted by molar-refractivity contribution is 6.30. The first-order chi connectivity index (χ1) is 9.63. The molecule has 1 unspecified atom stereocenters. The minimum absolute atomic E-state index is 0.263. The lowest BCUT2D eigenvalue weighted by Crippen LogP contribution is -2.23. The van der Waals surface area contributed by atoms with Gasteiger partial charge in [0.25, 0.3) is 0 Å². The Kier molecular flexibility index (Phi) is 5.21. The predicted molar refractivity (Wildman–Crippen MR) is 84.2 cm³/mol. The highest BCUT2D eigenvalue weighted by Crippen LogP contribution is 2.22. The van der Waals surface area contributed by atoms with Crippen molar-refractivity contribution in [2.45, 2.75) is 32.7 Å². The third-order valence-corrected chi connectivity index (χ3v) is 3.74. The zero-order chi connectivity index (χ0) is 14.5. The molecule has 0 saturated heterocycles. The Bertz CT molecular complexity index is 563. The lowest BCUT2D eigenvalue weighted by atomic mass is 10.0. The van der Waals surface area contributed by atoms with Crippen LogP contribution in [-0.2, 0) is 19.9 Å². The van der Waals surface area contributed by atoms with Crippen LogP contribution in [0.1, 0.15) is 36.8 Å². The molecule has 2 rings (SSSR count). The monoisotopic (exact) mass is 291 g/mol. The van der Waals surface area contributed by atoms with Gasteiger partial charge in [0.15, 0.2) is 0 Å². The number of aromatic nitrogens is 2. The smallest absolute Gasteiger partial charge is 0.0624 e. The van der Waals surface area contributed by atoms with Gasteiger partial charge in [0, 0.05) is 30.2 Å². The molecule has 1 aromatic carbocycles. The molecule has 0 bridgehead atoms. The first-order valence-corrected chi connectivity index (χ1v) is 7.52. The number of likely N-dealkylation sites (N-methyl/N-ethyl adjacent to an activating group) is 1. The summed E-state index contributed by atoms with van der Waals surface area (Å²) in [7, 11) is 2.01. The summed E-state index contributed by atoms with van der Waals surface area (Å²) in [4.78, 5) is 0. The Labute approximate surface area is 126 Å². The average molecular weight is 292 g/mol. The fourth-order valence-electron chi connectivity index (χ4n) is 2.42. The second kappa shape index (κ2) is 6.91. The molecule has 0 amide bonds. The predicted octanol–water partition coefficient (Wildman–Crippen LogP) is 3.53. The van der Waals surface area contributed by atoms with Crippen LogP contribution in [0.2, 0.25) is 5.02 Å². The lowest BCUT2D eigenvalue weighted by Gasteiger charge is -2.18. The van der Waals surface area contributed by atoms with E-state index in [4.69, 9.17) is 11.6 Å². The minimum Gasteiger partial charge on any atom is -0.310 e. The van der Waals surface area contributed by atoms with Gasteiger partial charge in [0.1, 0.15) is 0 Å². The summed E-state index contributed by atoms with van der Waals surface area (Å²) in [5, 5.41) is 8.83. The van der Waals surface area contributed by atoms with E-state index < -0.39 is 0 Å². The van der Waals surface area contributed by atoms with E-state index in [2.05, 4.69) is 36.4 Å². The molecular formula is C16H22ClN3. The van der Waals surface area contributed by atoms with Crippen LogP contribution in [0.25, 0.3) is 0 Å². The molecule has 3 nitrogen and oxygen atoms in total. The van der Waals surface area contributed by atoms with Gasteiger partial charge in [-0.3, -0.25) is 4.68 Å². The van der Waals surface area contributed by atoms with Gasteiger partial charge >= 0.3 is 0 Å². The number of nitrogens with zero attached hydrogens (tertiary/aromatic N) is 2. The molecule has 0 spiro atoms. The molecule has 0 aliphatic carbocycles. The SMILES string of the molecule is CCNC(Cc1cc(CC)nn1C)c1cccc(Cl)c1. The molecule has 1 heterocycles. The number of halogens is 1. The summed E-state index contributed by atoms with van der Waals surface area (Å²) in [6, 6.07) is 10.5. The highest BCUT2D eigenvalue weighted by Gasteiger charge is 2.14. The van der Waals surface area contributed by atoms with Crippen molar-refractivity contribution < 1.29 is 0 Å². The Balaban J connectivity index is 2.22. The molecule has 1 aromatic heterocycles. The van der Waals surface area contributed by atoms with E-state index in [0.29, 0.717) is 0 Å². The number of rotatable bonds is 6. The van der Waals surface area contributed by atoms with Crippen LogP contribution in [0, 0.1) is 0 Å². The van der Waals surface area contributed by atoms with Gasteiger partial charge in [-0.05, 0) is 36.7 Å². The van der Waals surface area contributed by atoms with Crippen LogP contribution in [-0.4, -0.2) is 16.3 Å². The van der Waals surface area contributed by atoms with Crippen molar-refractivity contribution in [3.05, 3.63) is 52.3 Å². The van der Waals surface area contributed by atoms with Crippen molar-refractivity contribution in [1.82, 2.24) is 15.1 Å². The van der Waals surface area contributed by atoms with Crippen LogP contribution in [0.5, 0.6) is 0 Å². The molecule has 0 aliphatic heterocycles. The van der Waals surface area contributed by atoms with E-state index in [9.17, 15) is 0 Å². The molecule has 108 valence electrons. The number of hydrogen-bond donors (Lipinski definition) is 1. The topological polar surface area (TPSA) is 29.9 Å². The van der Waals surface area contributed by atoms with Crippen molar-refractivity contribution in [2.75, 3.05) is 6.54 Å². The molecule has 2 aromatic rings. The standard InChI is InChI=1S/C16H22ClN3/c1-4-14-10-15(20(3)19-14)11-16(18-5-2)12-7-6-8-13(17)9-12/h6-10,16,18H,4-5,11H2,1-3H3. The second-order valence-electron chi connectivity index (χ2n) is 4.97. The van der Waals surface area contributed by atoms with Crippen LogP contribution in [0.4, 0.5) is 0 Å². The summed E-state index contributed by atoms with van der Waals surface area (Å²) < 4.78 is 1.98. The maximum Gasteiger partial charge on any atom is 0.0624 e. The Morgan fingerprint density at radius 3 is 2.70 bits per heavy atom. The zero-order valence-electron chi connectivity index (χ0n) is 12.4. The van der Waals surface area contributed by atoms with E-state index in [0.717, 1.165) is 30.1 Å². The largest absolute Gasteiger partial charge is 0.310 e. The first kappa shape index (κ1) is 15.1. The number of aryl methyl sites for hydroxylation is 2. The fraction of sp³-hybridized carbons (Fsp3) is 0.438. The van der Waals surface area contributed by atoms with Crippen molar-refractivity contribution in [3.63, 3.8) is 0 Å². The summed E-state index contributed by atoms with van der Waals surface area (Å²) in [5.74, 6) is 0. The van der Waals surface area contributed by atoms with Gasteiger partial charge in [0.2, 0.25) is 0 Å². The molecule has 0 fully saturated rings. The molecule has 0 saturated carbocycles. The van der Waals surface area contributed by atoms with Crippen LogP contribution in [0.3, 0.4) is 0 Å². The summed E-state index contributed by atoms with van der Waals surface area (Å²) in [5.41, 5.74) is 3.61. The van der Waals surface area contributed by atoms with Crippen LogP contribution in [0.15, 0.2) is 30.3 Å². The minimum atomic E-state index is 0.263. The number of benzene rings is 1. The van der Waals surface area contributed by atoms with E-state index in [1.54, 1.807) is 0 Å². The Morgan fingerprint density at radius 2 is 2.10 bits per heavy atom. The molecular weight excluding hydrogens is 270 g/mol. The van der Waals surface area contributed by atoms with Crippen molar-refractivity contribution in [2.24, 2.45) is 7.05 Å². The van der Waals surface area contributed by atoms with Gasteiger partial charge in [-0.2, -0.15) is 5.10 Å². The van der Waals surface area contributed by atoms with Gasteiger partial charge < -0.3 is 5.32 Å². The third-order valence-electron chi connectivity index (χ3n) is 3.50. The van der Waals surface area contributed by atoms with Crippen molar-refractivity contribution in [3.8, 4) is 0 Å². The van der Waals surface area contributed by atoms with Crippen LogP contribution < -0.4 is 5.32 Å². The normalized spacial score (nSPS) is 12.6. The third kappa shape index (κ3) is 3.62. The van der Waals surface area contributed by atoms with Crippen molar-refractivity contribution >= 4 is 11.6 Å². The summed E-state index contributed by atoms with van der Waals surface area (Å²) in [6.07, 6.45) is 1.88. The summed E-state index contributed by atoms with van der Waals surface area (Å²) in [6.45, 7) is 5.18. The first-order valence-electron chi connectivity index (χ1n) is 7.14. The fourth-order valence-corrected chi connectivity index (χ4v) is 2.62. The van der Waals surface area contributed by atoms with Gasteiger partial charge in [-0.1, -0.05) is 37.6 Å². The van der Waals surface area contributed by atoms with Crippen molar-refractivity contribution in [1.29, 1.82) is 0 Å². The van der Waals surface area contributed by atoms with Crippen LogP contribution >= 0.6 is 11.6 Å². The molecule has 20 heavy (non-hydrogen) atoms. The quantitative estimate of drug-likeness (QED) is 0.882. The molecule has 0 radical (unpaired) electrons. The number of nitrogens with one attached hydrogen (secondary N) is 1. The van der Waals surface area contributed by atoms with E-state index in [-0.39, 0.29) is 6.04 Å². The zero-order valence-corrected chi connectivity index (χ0v) is 13.1. The molecule has 4 heteroatoms. The maximum atomic E-state index is 6.10. The Morgan fingerprint density at radius 1 is 1.30 bits per heavy atom. The Hall–Kier alpha value is -1.32. The molecule has 0 aliphatic rings. The van der Waals surface area contributed by atoms with Gasteiger partial charge in [-0.15, -0.1) is 0 Å². The van der Waals surface area contributed by atoms with E-state index in [1.807, 2.05) is 29.9 Å². The summed E-state index contributed by atoms with van der Waals surface area (Å²) >= 11 is 6.10. The average Bonchev–Trinajstić information content (AvgIpc) is 2.79. The lowest BCUT2D eigenvalue weighted by molar-refractivity contribution is 0.528. The second-order valence-corrected chi connectivity index (χ2v) is 5.41. The molecule has 1 N–H and O–H groups in total. The van der Waals surface area contributed by atoms with E-state index in [1.165, 1.54) is 11.3 Å². The van der Waals surface area contributed by atoms with Gasteiger partial charge in [-0.25, -0.2) is 0 Å². The highest BCUT2D eigenvalue weighted by atomic mass is 35.5. The van der Waals surface area contributed by atoms with E-state index >= 15 is 0 Å². The maximum absolute atomic E-state index is 6.10. The molecule has 1 atom stereocenters. The van der Waals surface area contributed by atoms with Gasteiger partial charge in [0.05, 0.1) is 5.69 Å². The number of hydrogen-bond acceptors (Lipinski definition) is 2.